The number of aldehydes is 1. The zero-order chi connectivity index (χ0) is 11.4. The fraction of sp³-hybridized carbons (Fsp3) is 0. The second kappa shape index (κ2) is 15.6. The molecule has 0 aromatic rings. The number of hydrogen-bond donors (Lipinski definition) is 2. The summed E-state index contributed by atoms with van der Waals surface area (Å²) >= 11 is 0. The van der Waals surface area contributed by atoms with Crippen LogP contribution in [0.3, 0.4) is 0 Å². The van der Waals surface area contributed by atoms with Gasteiger partial charge in [0.25, 0.3) is 0 Å². The fourth-order valence-electron chi connectivity index (χ4n) is 0.292. The van der Waals surface area contributed by atoms with Crippen molar-refractivity contribution in [3.05, 3.63) is 54.8 Å². The smallest absolute Gasteiger partial charge is 0.230 e. The van der Waals surface area contributed by atoms with E-state index in [0.717, 1.165) is 6.08 Å². The third-order valence-electron chi connectivity index (χ3n) is 0.855. The maximum Gasteiger partial charge on any atom is 0.230 e. The van der Waals surface area contributed by atoms with Gasteiger partial charge in [-0.3, -0.25) is 4.79 Å². The van der Waals surface area contributed by atoms with Crippen molar-refractivity contribution >= 4 is 6.29 Å². The molecule has 1 radical (unpaired) electrons. The first-order chi connectivity index (χ1) is 6.62. The van der Waals surface area contributed by atoms with E-state index in [-0.39, 0.29) is 38.6 Å². The number of hydrogen-bond acceptors (Lipinski definition) is 4. The molecule has 0 atom stereocenters. The molecule has 0 saturated carbocycles. The number of nitrogens with one attached hydrogen (secondary N) is 1. The molecule has 6 heteroatoms. The van der Waals surface area contributed by atoms with Crippen molar-refractivity contribution in [2.75, 3.05) is 0 Å². The van der Waals surface area contributed by atoms with Crippen LogP contribution < -0.4 is 5.73 Å². The van der Waals surface area contributed by atoms with Gasteiger partial charge in [-0.05, 0) is 0 Å². The molecule has 0 heterocycles. The summed E-state index contributed by atoms with van der Waals surface area (Å²) < 4.78 is 0. The minimum Gasteiger partial charge on any atom is -0.699 e. The summed E-state index contributed by atoms with van der Waals surface area (Å²) in [5.74, 6) is -0.310. The average molecular weight is 286 g/mol. The molecule has 0 saturated heterocycles. The second-order valence-corrected chi connectivity index (χ2v) is 1.86. The second-order valence-electron chi connectivity index (χ2n) is 1.86. The Labute approximate surface area is 114 Å². The van der Waals surface area contributed by atoms with Gasteiger partial charge in [-0.25, -0.2) is 5.26 Å². The van der Waals surface area contributed by atoms with Gasteiger partial charge in [0.1, 0.15) is 6.29 Å². The SMILES string of the molecule is C=C/C=C(/[NH-])C=C.N/C(=C\C=O)OO.[Y]. The van der Waals surface area contributed by atoms with E-state index in [2.05, 4.69) is 18.0 Å². The molecule has 0 spiro atoms. The van der Waals surface area contributed by atoms with E-state index in [1.54, 1.807) is 12.2 Å². The van der Waals surface area contributed by atoms with Crippen LogP contribution in [0.25, 0.3) is 5.73 Å². The fourth-order valence-corrected chi connectivity index (χ4v) is 0.292. The van der Waals surface area contributed by atoms with E-state index in [4.69, 9.17) is 16.7 Å². The Hall–Kier alpha value is -0.906. The van der Waals surface area contributed by atoms with Gasteiger partial charge in [-0.2, -0.15) is 0 Å². The van der Waals surface area contributed by atoms with Crippen LogP contribution in [0.4, 0.5) is 0 Å². The first-order valence-electron chi connectivity index (χ1n) is 3.51. The molecule has 0 aliphatic carbocycles. The Morgan fingerprint density at radius 2 is 1.93 bits per heavy atom. The standard InChI is InChI=1S/C6H8N.C3H5NO3.Y/c1-3-5-6(7)4-2;4-3(7-6)1-2-5;/h3-5,7H,1-2H2;1-2,6H,4H2;/q-1;;/b6-5+;3-1+;. The Morgan fingerprint density at radius 3 is 2.07 bits per heavy atom. The van der Waals surface area contributed by atoms with Crippen LogP contribution >= 0.6 is 0 Å². The van der Waals surface area contributed by atoms with Crippen molar-refractivity contribution in [3.8, 4) is 0 Å². The molecule has 0 amide bonds. The monoisotopic (exact) mass is 286 g/mol. The average Bonchev–Trinajstić information content (AvgIpc) is 2.19. The van der Waals surface area contributed by atoms with Gasteiger partial charge >= 0.3 is 0 Å². The number of nitrogens with two attached hydrogens (primary N) is 1. The summed E-state index contributed by atoms with van der Waals surface area (Å²) in [7, 11) is 0. The predicted octanol–water partition coefficient (Wildman–Crippen LogP) is 1.77. The van der Waals surface area contributed by atoms with Crippen molar-refractivity contribution in [2.45, 2.75) is 0 Å². The zero-order valence-corrected chi connectivity index (χ0v) is 11.1. The van der Waals surface area contributed by atoms with Crippen molar-refractivity contribution in [3.63, 3.8) is 0 Å². The van der Waals surface area contributed by atoms with Gasteiger partial charge in [-0.1, -0.05) is 24.8 Å². The van der Waals surface area contributed by atoms with E-state index < -0.39 is 0 Å². The maximum atomic E-state index is 9.43. The molecule has 0 aromatic heterocycles. The Bertz CT molecular complexity index is 250. The molecule has 0 fully saturated rings. The van der Waals surface area contributed by atoms with Crippen molar-refractivity contribution in [2.24, 2.45) is 5.73 Å². The first kappa shape index (κ1) is 19.6. The summed E-state index contributed by atoms with van der Waals surface area (Å²) in [6, 6.07) is 0. The van der Waals surface area contributed by atoms with Gasteiger partial charge < -0.3 is 16.4 Å². The summed E-state index contributed by atoms with van der Waals surface area (Å²) in [5, 5.41) is 7.61. The summed E-state index contributed by atoms with van der Waals surface area (Å²) in [6.07, 6.45) is 5.89. The first-order valence-corrected chi connectivity index (χ1v) is 3.51. The van der Waals surface area contributed by atoms with Crippen LogP contribution in [0.1, 0.15) is 0 Å². The van der Waals surface area contributed by atoms with Crippen molar-refractivity contribution < 1.29 is 47.6 Å². The quantitative estimate of drug-likeness (QED) is 0.205. The topological polar surface area (TPSA) is 96.4 Å². The molecule has 0 rings (SSSR count). The third-order valence-corrected chi connectivity index (χ3v) is 0.855. The molecule has 5 nitrogen and oxygen atoms in total. The summed E-state index contributed by atoms with van der Waals surface area (Å²) in [5.41, 5.74) is 12.0. The van der Waals surface area contributed by atoms with Gasteiger partial charge in [0.15, 0.2) is 0 Å². The minimum absolute atomic E-state index is 0. The molecule has 0 aromatic carbocycles. The van der Waals surface area contributed by atoms with Crippen LogP contribution in [0.5, 0.6) is 0 Å². The van der Waals surface area contributed by atoms with Crippen LogP contribution in [0.2, 0.25) is 0 Å². The van der Waals surface area contributed by atoms with Crippen molar-refractivity contribution in [1.29, 1.82) is 0 Å². The molecule has 15 heavy (non-hydrogen) atoms. The van der Waals surface area contributed by atoms with E-state index in [9.17, 15) is 4.79 Å². The molecular weight excluding hydrogens is 273 g/mol. The largest absolute Gasteiger partial charge is 0.699 e. The Kier molecular flexibility index (Phi) is 20.4. The van der Waals surface area contributed by atoms with Crippen LogP contribution in [0, 0.1) is 0 Å². The third kappa shape index (κ3) is 19.5. The summed E-state index contributed by atoms with van der Waals surface area (Å²) in [6.45, 7) is 6.78. The van der Waals surface area contributed by atoms with E-state index in [1.165, 1.54) is 6.08 Å². The molecule has 4 N–H and O–H groups in total. The van der Waals surface area contributed by atoms with Gasteiger partial charge in [0.05, 0.1) is 0 Å². The molecule has 81 valence electrons. The molecule has 0 unspecified atom stereocenters. The van der Waals surface area contributed by atoms with Gasteiger partial charge in [-0.15, -0.1) is 12.3 Å². The van der Waals surface area contributed by atoms with Gasteiger partial charge in [0.2, 0.25) is 5.88 Å². The van der Waals surface area contributed by atoms with Crippen LogP contribution in [-0.2, 0) is 42.4 Å². The zero-order valence-electron chi connectivity index (χ0n) is 8.22. The minimum atomic E-state index is -0.310. The Morgan fingerprint density at radius 1 is 1.40 bits per heavy atom. The Balaban J connectivity index is -0.000000180. The van der Waals surface area contributed by atoms with E-state index >= 15 is 0 Å². The molecular formula is C9H13N2O3Y-. The number of rotatable bonds is 4. The van der Waals surface area contributed by atoms with Gasteiger partial charge in [0, 0.05) is 38.8 Å². The summed E-state index contributed by atoms with van der Waals surface area (Å²) in [4.78, 5) is 12.8. The maximum absolute atomic E-state index is 9.43. The normalized spacial score (nSPS) is 9.93. The number of carbonyl (C=O) groups is 1. The van der Waals surface area contributed by atoms with E-state index in [0.29, 0.717) is 12.0 Å². The molecule has 0 bridgehead atoms. The van der Waals surface area contributed by atoms with Crippen LogP contribution in [-0.4, -0.2) is 11.5 Å². The number of carbonyl (C=O) groups excluding carboxylic acids is 1. The number of allylic oxidation sites excluding steroid dienone is 4. The van der Waals surface area contributed by atoms with E-state index in [1.807, 2.05) is 0 Å². The predicted molar refractivity (Wildman–Crippen MR) is 54.8 cm³/mol. The molecule has 0 aliphatic heterocycles. The van der Waals surface area contributed by atoms with Crippen molar-refractivity contribution in [1.82, 2.24) is 0 Å². The van der Waals surface area contributed by atoms with Crippen LogP contribution in [0.15, 0.2) is 49.0 Å². The molecule has 0 aliphatic rings.